The number of nitrogens with zero attached hydrogens (tertiary/aromatic N) is 1. The number of carbonyl (C=O) groups excluding carboxylic acids is 1. The van der Waals surface area contributed by atoms with Gasteiger partial charge in [0.2, 0.25) is 0 Å². The lowest BCUT2D eigenvalue weighted by molar-refractivity contribution is -0.142. The van der Waals surface area contributed by atoms with Gasteiger partial charge in [0.15, 0.2) is 0 Å². The van der Waals surface area contributed by atoms with Gasteiger partial charge in [-0.25, -0.2) is 0 Å². The second-order valence-corrected chi connectivity index (χ2v) is 4.91. The minimum absolute atomic E-state index is 0.361. The van der Waals surface area contributed by atoms with Crippen LogP contribution in [0.3, 0.4) is 0 Å². The average molecular weight is 280 g/mol. The fourth-order valence-electron chi connectivity index (χ4n) is 2.00. The SMILES string of the molecule is COC(=O)C(N)CCCc1ccc(N(C)C)cc1OC. The molecule has 0 aliphatic carbocycles. The van der Waals surface area contributed by atoms with E-state index in [4.69, 9.17) is 10.5 Å². The molecule has 5 heteroatoms. The van der Waals surface area contributed by atoms with Crippen LogP contribution in [-0.2, 0) is 16.0 Å². The van der Waals surface area contributed by atoms with Crippen molar-refractivity contribution in [3.63, 3.8) is 0 Å². The van der Waals surface area contributed by atoms with Crippen molar-refractivity contribution in [1.82, 2.24) is 0 Å². The van der Waals surface area contributed by atoms with Crippen LogP contribution in [-0.4, -0.2) is 40.3 Å². The van der Waals surface area contributed by atoms with E-state index in [-0.39, 0.29) is 5.97 Å². The Hall–Kier alpha value is -1.75. The Balaban J connectivity index is 2.62. The number of hydrogen-bond acceptors (Lipinski definition) is 5. The van der Waals surface area contributed by atoms with Gasteiger partial charge in [0, 0.05) is 25.8 Å². The Morgan fingerprint density at radius 1 is 1.35 bits per heavy atom. The summed E-state index contributed by atoms with van der Waals surface area (Å²) in [4.78, 5) is 13.2. The van der Waals surface area contributed by atoms with E-state index in [1.807, 2.05) is 25.1 Å². The molecule has 1 atom stereocenters. The van der Waals surface area contributed by atoms with E-state index < -0.39 is 6.04 Å². The van der Waals surface area contributed by atoms with Crippen molar-refractivity contribution in [2.24, 2.45) is 5.73 Å². The smallest absolute Gasteiger partial charge is 0.322 e. The van der Waals surface area contributed by atoms with Crippen LogP contribution in [0.2, 0.25) is 0 Å². The molecule has 1 unspecified atom stereocenters. The third kappa shape index (κ3) is 4.42. The summed E-state index contributed by atoms with van der Waals surface area (Å²) in [6.07, 6.45) is 2.24. The molecule has 20 heavy (non-hydrogen) atoms. The number of carbonyl (C=O) groups is 1. The molecule has 0 heterocycles. The molecule has 0 aromatic heterocycles. The van der Waals surface area contributed by atoms with Crippen LogP contribution in [0.25, 0.3) is 0 Å². The molecular weight excluding hydrogens is 256 g/mol. The lowest BCUT2D eigenvalue weighted by Crippen LogP contribution is -2.31. The minimum Gasteiger partial charge on any atom is -0.496 e. The summed E-state index contributed by atoms with van der Waals surface area (Å²) >= 11 is 0. The third-order valence-corrected chi connectivity index (χ3v) is 3.25. The van der Waals surface area contributed by atoms with E-state index in [1.54, 1.807) is 7.11 Å². The molecule has 0 saturated heterocycles. The van der Waals surface area contributed by atoms with Gasteiger partial charge in [0.25, 0.3) is 0 Å². The number of ether oxygens (including phenoxy) is 2. The molecule has 0 saturated carbocycles. The number of methoxy groups -OCH3 is 2. The summed E-state index contributed by atoms with van der Waals surface area (Å²) in [5, 5.41) is 0. The first-order valence-corrected chi connectivity index (χ1v) is 6.67. The van der Waals surface area contributed by atoms with Gasteiger partial charge in [-0.05, 0) is 30.9 Å². The molecule has 0 aliphatic heterocycles. The molecule has 1 aromatic rings. The van der Waals surface area contributed by atoms with Crippen molar-refractivity contribution in [3.8, 4) is 5.75 Å². The largest absolute Gasteiger partial charge is 0.496 e. The van der Waals surface area contributed by atoms with Crippen LogP contribution in [0, 0.1) is 0 Å². The van der Waals surface area contributed by atoms with E-state index in [1.165, 1.54) is 7.11 Å². The van der Waals surface area contributed by atoms with Crippen molar-refractivity contribution >= 4 is 11.7 Å². The molecule has 2 N–H and O–H groups in total. The minimum atomic E-state index is -0.549. The van der Waals surface area contributed by atoms with Gasteiger partial charge in [-0.2, -0.15) is 0 Å². The number of esters is 1. The van der Waals surface area contributed by atoms with E-state index in [2.05, 4.69) is 16.9 Å². The lowest BCUT2D eigenvalue weighted by atomic mass is 10.0. The monoisotopic (exact) mass is 280 g/mol. The van der Waals surface area contributed by atoms with Crippen LogP contribution in [0.15, 0.2) is 18.2 Å². The van der Waals surface area contributed by atoms with Gasteiger partial charge in [-0.15, -0.1) is 0 Å². The topological polar surface area (TPSA) is 64.8 Å². The van der Waals surface area contributed by atoms with Crippen LogP contribution in [0.1, 0.15) is 18.4 Å². The molecule has 5 nitrogen and oxygen atoms in total. The van der Waals surface area contributed by atoms with E-state index in [0.717, 1.165) is 29.8 Å². The fourth-order valence-corrected chi connectivity index (χ4v) is 2.00. The summed E-state index contributed by atoms with van der Waals surface area (Å²) in [6, 6.07) is 5.57. The van der Waals surface area contributed by atoms with Crippen molar-refractivity contribution in [1.29, 1.82) is 0 Å². The predicted octanol–water partition coefficient (Wildman–Crippen LogP) is 1.58. The van der Waals surface area contributed by atoms with Gasteiger partial charge >= 0.3 is 5.97 Å². The van der Waals surface area contributed by atoms with Crippen molar-refractivity contribution in [3.05, 3.63) is 23.8 Å². The number of aryl methyl sites for hydroxylation is 1. The molecule has 0 fully saturated rings. The Morgan fingerprint density at radius 2 is 2.05 bits per heavy atom. The highest BCUT2D eigenvalue weighted by Gasteiger charge is 2.13. The lowest BCUT2D eigenvalue weighted by Gasteiger charge is -2.16. The number of hydrogen-bond donors (Lipinski definition) is 1. The summed E-state index contributed by atoms with van der Waals surface area (Å²) < 4.78 is 10.0. The van der Waals surface area contributed by atoms with Gasteiger partial charge in [0.1, 0.15) is 11.8 Å². The van der Waals surface area contributed by atoms with E-state index >= 15 is 0 Å². The summed E-state index contributed by atoms with van der Waals surface area (Å²) in [5.74, 6) is 0.503. The molecule has 0 bridgehead atoms. The zero-order valence-electron chi connectivity index (χ0n) is 12.7. The van der Waals surface area contributed by atoms with Crippen molar-refractivity contribution in [2.45, 2.75) is 25.3 Å². The molecule has 0 spiro atoms. The Kier molecular flexibility index (Phi) is 6.31. The zero-order chi connectivity index (χ0) is 15.1. The first-order chi connectivity index (χ1) is 9.49. The normalized spacial score (nSPS) is 11.8. The average Bonchev–Trinajstić information content (AvgIpc) is 2.46. The zero-order valence-corrected chi connectivity index (χ0v) is 12.7. The van der Waals surface area contributed by atoms with Crippen LogP contribution < -0.4 is 15.4 Å². The molecule has 0 amide bonds. The second-order valence-electron chi connectivity index (χ2n) is 4.91. The maximum atomic E-state index is 11.2. The van der Waals surface area contributed by atoms with Crippen LogP contribution in [0.4, 0.5) is 5.69 Å². The molecule has 0 aliphatic rings. The fraction of sp³-hybridized carbons (Fsp3) is 0.533. The highest BCUT2D eigenvalue weighted by Crippen LogP contribution is 2.26. The van der Waals surface area contributed by atoms with E-state index in [0.29, 0.717) is 6.42 Å². The van der Waals surface area contributed by atoms with Gasteiger partial charge in [-0.3, -0.25) is 4.79 Å². The first kappa shape index (κ1) is 16.3. The highest BCUT2D eigenvalue weighted by atomic mass is 16.5. The number of rotatable bonds is 7. The number of anilines is 1. The summed E-state index contributed by atoms with van der Waals surface area (Å²) in [5.41, 5.74) is 7.93. The number of nitrogens with two attached hydrogens (primary N) is 1. The molecule has 1 rings (SSSR count). The summed E-state index contributed by atoms with van der Waals surface area (Å²) in [7, 11) is 7.00. The van der Waals surface area contributed by atoms with Gasteiger partial charge in [-0.1, -0.05) is 6.07 Å². The predicted molar refractivity (Wildman–Crippen MR) is 80.3 cm³/mol. The van der Waals surface area contributed by atoms with Gasteiger partial charge in [0.05, 0.1) is 14.2 Å². The molecule has 112 valence electrons. The second kappa shape index (κ2) is 7.75. The molecule has 0 radical (unpaired) electrons. The van der Waals surface area contributed by atoms with Crippen molar-refractivity contribution < 1.29 is 14.3 Å². The maximum absolute atomic E-state index is 11.2. The maximum Gasteiger partial charge on any atom is 0.322 e. The standard InChI is InChI=1S/C15H24N2O3/c1-17(2)12-9-8-11(14(10-12)19-3)6-5-7-13(16)15(18)20-4/h8-10,13H,5-7,16H2,1-4H3. The first-order valence-electron chi connectivity index (χ1n) is 6.67. The Bertz CT molecular complexity index is 447. The van der Waals surface area contributed by atoms with Crippen LogP contribution >= 0.6 is 0 Å². The molecular formula is C15H24N2O3. The van der Waals surface area contributed by atoms with Gasteiger partial charge < -0.3 is 20.1 Å². The quantitative estimate of drug-likeness (QED) is 0.768. The Morgan fingerprint density at radius 3 is 2.60 bits per heavy atom. The molecule has 1 aromatic carbocycles. The Labute approximate surface area is 120 Å². The third-order valence-electron chi connectivity index (χ3n) is 3.25. The van der Waals surface area contributed by atoms with E-state index in [9.17, 15) is 4.79 Å². The number of benzene rings is 1. The summed E-state index contributed by atoms with van der Waals surface area (Å²) in [6.45, 7) is 0. The van der Waals surface area contributed by atoms with Crippen molar-refractivity contribution in [2.75, 3.05) is 33.2 Å². The highest BCUT2D eigenvalue weighted by molar-refractivity contribution is 5.75. The van der Waals surface area contributed by atoms with Crippen LogP contribution in [0.5, 0.6) is 5.75 Å².